The molecule has 0 aliphatic heterocycles. The number of halogens is 2. The van der Waals surface area contributed by atoms with Crippen molar-refractivity contribution in [3.63, 3.8) is 0 Å². The van der Waals surface area contributed by atoms with Gasteiger partial charge in [0.05, 0.1) is 10.0 Å². The number of hydrogen-bond acceptors (Lipinski definition) is 3. The molecule has 100 valence electrons. The van der Waals surface area contributed by atoms with Crippen LogP contribution in [0.3, 0.4) is 0 Å². The molecule has 0 atom stereocenters. The first-order chi connectivity index (χ1) is 8.99. The molecule has 0 aliphatic rings. The zero-order valence-corrected chi connectivity index (χ0v) is 12.0. The van der Waals surface area contributed by atoms with Crippen LogP contribution in [0.5, 0.6) is 0 Å². The molecule has 1 aromatic carbocycles. The van der Waals surface area contributed by atoms with E-state index in [-0.39, 0.29) is 11.4 Å². The average Bonchev–Trinajstić information content (AvgIpc) is 2.41. The van der Waals surface area contributed by atoms with E-state index >= 15 is 0 Å². The van der Waals surface area contributed by atoms with E-state index in [0.717, 1.165) is 5.56 Å². The van der Waals surface area contributed by atoms with Gasteiger partial charge >= 0.3 is 0 Å². The fourth-order valence-corrected chi connectivity index (χ4v) is 2.72. The average molecular weight is 317 g/mol. The molecule has 4 nitrogen and oxygen atoms in total. The third-order valence-corrected chi connectivity index (χ3v) is 4.52. The molecule has 0 amide bonds. The highest BCUT2D eigenvalue weighted by Crippen LogP contribution is 2.22. The molecular formula is C12H10Cl2N2O2S. The van der Waals surface area contributed by atoms with Crippen LogP contribution in [0.4, 0.5) is 0 Å². The molecule has 2 rings (SSSR count). The van der Waals surface area contributed by atoms with Gasteiger partial charge in [-0.3, -0.25) is 4.98 Å². The molecule has 0 fully saturated rings. The number of nitrogens with one attached hydrogen (secondary N) is 1. The zero-order chi connectivity index (χ0) is 13.9. The Morgan fingerprint density at radius 3 is 2.58 bits per heavy atom. The van der Waals surface area contributed by atoms with Crippen molar-refractivity contribution in [1.82, 2.24) is 9.71 Å². The van der Waals surface area contributed by atoms with Crippen molar-refractivity contribution in [3.05, 3.63) is 58.3 Å². The fourth-order valence-electron chi connectivity index (χ4n) is 1.42. The quantitative estimate of drug-likeness (QED) is 0.943. The topological polar surface area (TPSA) is 59.1 Å². The molecule has 0 saturated carbocycles. The summed E-state index contributed by atoms with van der Waals surface area (Å²) in [5, 5.41) is 0.820. The smallest absolute Gasteiger partial charge is 0.242 e. The third kappa shape index (κ3) is 3.67. The lowest BCUT2D eigenvalue weighted by Gasteiger charge is -2.07. The minimum atomic E-state index is -3.57. The summed E-state index contributed by atoms with van der Waals surface area (Å²) in [5.41, 5.74) is 0.724. The summed E-state index contributed by atoms with van der Waals surface area (Å²) in [6.45, 7) is 0.133. The second kappa shape index (κ2) is 5.88. The summed E-state index contributed by atoms with van der Waals surface area (Å²) >= 11 is 11.6. The van der Waals surface area contributed by atoms with E-state index in [0.29, 0.717) is 10.0 Å². The maximum atomic E-state index is 11.9. The van der Waals surface area contributed by atoms with Gasteiger partial charge in [-0.25, -0.2) is 13.1 Å². The van der Waals surface area contributed by atoms with Crippen LogP contribution in [0, 0.1) is 0 Å². The lowest BCUT2D eigenvalue weighted by atomic mass is 10.2. The standard InChI is InChI=1S/C12H10Cl2N2O2S/c13-11-4-3-9(6-12(11)14)7-16-19(17,18)10-2-1-5-15-8-10/h1-6,8,16H,7H2. The molecule has 0 saturated heterocycles. The van der Waals surface area contributed by atoms with Gasteiger partial charge in [0.2, 0.25) is 10.0 Å². The summed E-state index contributed by atoms with van der Waals surface area (Å²) in [5.74, 6) is 0. The first kappa shape index (κ1) is 14.3. The van der Waals surface area contributed by atoms with Crippen LogP contribution in [0.1, 0.15) is 5.56 Å². The lowest BCUT2D eigenvalue weighted by Crippen LogP contribution is -2.23. The second-order valence-corrected chi connectivity index (χ2v) is 6.34. The van der Waals surface area contributed by atoms with Gasteiger partial charge in [0.15, 0.2) is 0 Å². The van der Waals surface area contributed by atoms with Gasteiger partial charge in [-0.1, -0.05) is 29.3 Å². The highest BCUT2D eigenvalue weighted by atomic mass is 35.5. The highest BCUT2D eigenvalue weighted by Gasteiger charge is 2.13. The molecule has 0 spiro atoms. The van der Waals surface area contributed by atoms with Gasteiger partial charge in [-0.2, -0.15) is 0 Å². The molecule has 0 aliphatic carbocycles. The van der Waals surface area contributed by atoms with Crippen molar-refractivity contribution in [2.45, 2.75) is 11.4 Å². The van der Waals surface area contributed by atoms with Crippen LogP contribution < -0.4 is 4.72 Å². The van der Waals surface area contributed by atoms with Crippen molar-refractivity contribution < 1.29 is 8.42 Å². The first-order valence-corrected chi connectivity index (χ1v) is 7.56. The summed E-state index contributed by atoms with van der Waals surface area (Å²) in [6.07, 6.45) is 2.80. The maximum absolute atomic E-state index is 11.9. The van der Waals surface area contributed by atoms with Gasteiger partial charge in [0.1, 0.15) is 4.90 Å². The van der Waals surface area contributed by atoms with Crippen molar-refractivity contribution in [2.24, 2.45) is 0 Å². The van der Waals surface area contributed by atoms with E-state index in [1.54, 1.807) is 24.3 Å². The zero-order valence-electron chi connectivity index (χ0n) is 9.68. The van der Waals surface area contributed by atoms with Gasteiger partial charge in [0.25, 0.3) is 0 Å². The van der Waals surface area contributed by atoms with Crippen LogP contribution in [0.15, 0.2) is 47.6 Å². The maximum Gasteiger partial charge on any atom is 0.242 e. The van der Waals surface area contributed by atoms with Crippen LogP contribution >= 0.6 is 23.2 Å². The predicted molar refractivity (Wildman–Crippen MR) is 74.7 cm³/mol. The number of sulfonamides is 1. The predicted octanol–water partition coefficient (Wildman–Crippen LogP) is 2.87. The number of aromatic nitrogens is 1. The van der Waals surface area contributed by atoms with Gasteiger partial charge in [0, 0.05) is 18.9 Å². The lowest BCUT2D eigenvalue weighted by molar-refractivity contribution is 0.581. The Labute approximate surface area is 121 Å². The molecule has 1 heterocycles. The van der Waals surface area contributed by atoms with Crippen LogP contribution in [-0.2, 0) is 16.6 Å². The summed E-state index contributed by atoms with van der Waals surface area (Å²) in [6, 6.07) is 7.99. The Hall–Kier alpha value is -1.14. The van der Waals surface area contributed by atoms with Crippen LogP contribution in [0.25, 0.3) is 0 Å². The number of hydrogen-bond donors (Lipinski definition) is 1. The summed E-state index contributed by atoms with van der Waals surface area (Å²) in [4.78, 5) is 3.89. The van der Waals surface area contributed by atoms with E-state index in [1.807, 2.05) is 0 Å². The minimum Gasteiger partial charge on any atom is -0.263 e. The first-order valence-electron chi connectivity index (χ1n) is 5.33. The highest BCUT2D eigenvalue weighted by molar-refractivity contribution is 7.89. The van der Waals surface area contributed by atoms with Gasteiger partial charge < -0.3 is 0 Å². The fraction of sp³-hybridized carbons (Fsp3) is 0.0833. The molecule has 19 heavy (non-hydrogen) atoms. The Morgan fingerprint density at radius 2 is 1.95 bits per heavy atom. The Morgan fingerprint density at radius 1 is 1.16 bits per heavy atom. The van der Waals surface area contributed by atoms with Crippen molar-refractivity contribution in [2.75, 3.05) is 0 Å². The van der Waals surface area contributed by atoms with E-state index in [9.17, 15) is 8.42 Å². The Balaban J connectivity index is 2.12. The van der Waals surface area contributed by atoms with E-state index in [1.165, 1.54) is 18.5 Å². The SMILES string of the molecule is O=S(=O)(NCc1ccc(Cl)c(Cl)c1)c1cccnc1. The minimum absolute atomic E-state index is 0.120. The van der Waals surface area contributed by atoms with Crippen molar-refractivity contribution in [1.29, 1.82) is 0 Å². The largest absolute Gasteiger partial charge is 0.263 e. The Bertz CT molecular complexity index is 675. The molecule has 1 aromatic heterocycles. The summed E-state index contributed by atoms with van der Waals surface area (Å²) < 4.78 is 26.4. The Kier molecular flexibility index (Phi) is 4.42. The van der Waals surface area contributed by atoms with E-state index in [4.69, 9.17) is 23.2 Å². The normalized spacial score (nSPS) is 11.5. The third-order valence-electron chi connectivity index (χ3n) is 2.40. The van der Waals surface area contributed by atoms with Crippen molar-refractivity contribution >= 4 is 33.2 Å². The molecule has 0 bridgehead atoms. The van der Waals surface area contributed by atoms with E-state index < -0.39 is 10.0 Å². The number of nitrogens with zero attached hydrogens (tertiary/aromatic N) is 1. The van der Waals surface area contributed by atoms with Gasteiger partial charge in [-0.05, 0) is 29.8 Å². The van der Waals surface area contributed by atoms with Crippen LogP contribution in [0.2, 0.25) is 10.0 Å². The van der Waals surface area contributed by atoms with Crippen LogP contribution in [-0.4, -0.2) is 13.4 Å². The molecular weight excluding hydrogens is 307 g/mol. The number of pyridine rings is 1. The molecule has 2 aromatic rings. The molecule has 0 radical (unpaired) electrons. The molecule has 1 N–H and O–H groups in total. The van der Waals surface area contributed by atoms with Crippen molar-refractivity contribution in [3.8, 4) is 0 Å². The molecule has 0 unspecified atom stereocenters. The van der Waals surface area contributed by atoms with E-state index in [2.05, 4.69) is 9.71 Å². The summed E-state index contributed by atoms with van der Waals surface area (Å²) in [7, 11) is -3.57. The molecule has 7 heteroatoms. The number of rotatable bonds is 4. The second-order valence-electron chi connectivity index (χ2n) is 3.76. The number of benzene rings is 1. The van der Waals surface area contributed by atoms with Gasteiger partial charge in [-0.15, -0.1) is 0 Å². The monoisotopic (exact) mass is 316 g/mol.